The molecule has 0 saturated carbocycles. The van der Waals surface area contributed by atoms with Gasteiger partial charge in [0.05, 0.1) is 6.54 Å². The lowest BCUT2D eigenvalue weighted by molar-refractivity contribution is -0.160. The first-order valence-corrected chi connectivity index (χ1v) is 13.2. The predicted octanol–water partition coefficient (Wildman–Crippen LogP) is 5.10. The minimum Gasteiger partial charge on any atom is -0.508 e. The van der Waals surface area contributed by atoms with Crippen molar-refractivity contribution in [2.75, 3.05) is 26.2 Å². The Labute approximate surface area is 223 Å². The number of allylic oxidation sites excluding steroid dienone is 3. The third-order valence-corrected chi connectivity index (χ3v) is 6.34. The van der Waals surface area contributed by atoms with Crippen LogP contribution in [0, 0.1) is 0 Å². The van der Waals surface area contributed by atoms with Crippen molar-refractivity contribution in [2.45, 2.75) is 92.3 Å². The van der Waals surface area contributed by atoms with E-state index in [1.165, 1.54) is 12.2 Å². The Morgan fingerprint density at radius 2 is 1.59 bits per heavy atom. The molecule has 1 heterocycles. The van der Waals surface area contributed by atoms with Crippen LogP contribution in [0.25, 0.3) is 0 Å². The normalized spacial score (nSPS) is 16.4. The van der Waals surface area contributed by atoms with E-state index in [1.54, 1.807) is 29.0 Å². The highest BCUT2D eigenvalue weighted by molar-refractivity contribution is 6.20. The number of aliphatic hydroxyl groups is 1. The fourth-order valence-electron chi connectivity index (χ4n) is 3.97. The Hall–Kier alpha value is -3.03. The van der Waals surface area contributed by atoms with E-state index < -0.39 is 11.6 Å². The number of unbranched alkanes of at least 4 members (excludes halogenated alkanes) is 2. The van der Waals surface area contributed by atoms with Gasteiger partial charge in [-0.1, -0.05) is 33.3 Å². The Bertz CT molecular complexity index is 892. The number of ether oxygens (including phenoxy) is 1. The highest BCUT2D eigenvalue weighted by Crippen LogP contribution is 2.31. The number of amides is 2. The highest BCUT2D eigenvalue weighted by Gasteiger charge is 2.47. The molecule has 0 spiro atoms. The van der Waals surface area contributed by atoms with E-state index in [0.717, 1.165) is 25.7 Å². The van der Waals surface area contributed by atoms with Gasteiger partial charge in [0.1, 0.15) is 23.6 Å². The van der Waals surface area contributed by atoms with Gasteiger partial charge in [-0.15, -0.1) is 0 Å². The van der Waals surface area contributed by atoms with Crippen molar-refractivity contribution in [1.82, 2.24) is 14.7 Å². The van der Waals surface area contributed by atoms with E-state index in [1.807, 2.05) is 39.5 Å². The molecule has 37 heavy (non-hydrogen) atoms. The van der Waals surface area contributed by atoms with E-state index >= 15 is 0 Å². The van der Waals surface area contributed by atoms with Crippen molar-refractivity contribution < 1.29 is 24.2 Å². The SMILES string of the molecule is C=C(C)C(=O)OCCN(/C=C/C=C(\O)C=C1C(=O)N(CCCC)C(C)(C)N(CCCC)C1=O)C(C)(C)C. The fraction of sp³-hybridized carbons (Fsp3) is 0.621. The molecule has 1 aliphatic rings. The number of hydrogen-bond acceptors (Lipinski definition) is 6. The van der Waals surface area contributed by atoms with Gasteiger partial charge in [0, 0.05) is 24.2 Å². The Kier molecular flexibility index (Phi) is 12.2. The number of rotatable bonds is 13. The third-order valence-electron chi connectivity index (χ3n) is 6.34. The molecule has 0 aromatic heterocycles. The molecule has 8 heteroatoms. The maximum Gasteiger partial charge on any atom is 0.333 e. The molecule has 8 nitrogen and oxygen atoms in total. The second-order valence-electron chi connectivity index (χ2n) is 10.9. The fourth-order valence-corrected chi connectivity index (χ4v) is 3.97. The molecule has 1 N–H and O–H groups in total. The molecule has 0 aliphatic carbocycles. The largest absolute Gasteiger partial charge is 0.508 e. The van der Waals surface area contributed by atoms with Gasteiger partial charge in [-0.2, -0.15) is 0 Å². The first-order chi connectivity index (χ1) is 17.2. The summed E-state index contributed by atoms with van der Waals surface area (Å²) in [7, 11) is 0. The van der Waals surface area contributed by atoms with Crippen LogP contribution in [0.1, 0.15) is 81.1 Å². The maximum absolute atomic E-state index is 13.3. The van der Waals surface area contributed by atoms with Crippen molar-refractivity contribution in [3.63, 3.8) is 0 Å². The summed E-state index contributed by atoms with van der Waals surface area (Å²) >= 11 is 0. The first kappa shape index (κ1) is 32.0. The summed E-state index contributed by atoms with van der Waals surface area (Å²) < 4.78 is 5.20. The van der Waals surface area contributed by atoms with Crippen LogP contribution in [0.15, 0.2) is 47.9 Å². The molecule has 0 atom stereocenters. The number of esters is 1. The Morgan fingerprint density at radius 1 is 1.08 bits per heavy atom. The molecule has 1 saturated heterocycles. The van der Waals surface area contributed by atoms with E-state index in [2.05, 4.69) is 20.4 Å². The molecule has 0 radical (unpaired) electrons. The van der Waals surface area contributed by atoms with Gasteiger partial charge in [-0.25, -0.2) is 4.79 Å². The number of hydrogen-bond donors (Lipinski definition) is 1. The van der Waals surface area contributed by atoms with E-state index in [0.29, 0.717) is 25.2 Å². The van der Waals surface area contributed by atoms with E-state index in [4.69, 9.17) is 4.74 Å². The van der Waals surface area contributed by atoms with Crippen LogP contribution in [-0.4, -0.2) is 75.0 Å². The molecule has 1 aliphatic heterocycles. The Morgan fingerprint density at radius 3 is 2.03 bits per heavy atom. The molecule has 0 bridgehead atoms. The lowest BCUT2D eigenvalue weighted by Crippen LogP contribution is -2.66. The van der Waals surface area contributed by atoms with Crippen LogP contribution in [0.4, 0.5) is 0 Å². The van der Waals surface area contributed by atoms with Gasteiger partial charge < -0.3 is 24.5 Å². The Balaban J connectivity index is 3.17. The summed E-state index contributed by atoms with van der Waals surface area (Å²) in [5.74, 6) is -1.36. The number of aliphatic hydroxyl groups excluding tert-OH is 1. The summed E-state index contributed by atoms with van der Waals surface area (Å²) in [5, 5.41) is 10.6. The zero-order chi connectivity index (χ0) is 28.4. The lowest BCUT2D eigenvalue weighted by Gasteiger charge is -2.50. The van der Waals surface area contributed by atoms with Crippen LogP contribution in [0.2, 0.25) is 0 Å². The monoisotopic (exact) mass is 517 g/mol. The van der Waals surface area contributed by atoms with Crippen LogP contribution >= 0.6 is 0 Å². The summed E-state index contributed by atoms with van der Waals surface area (Å²) in [6.45, 7) is 20.8. The third kappa shape index (κ3) is 9.09. The molecule has 1 rings (SSSR count). The average Bonchev–Trinajstić information content (AvgIpc) is 2.79. The summed E-state index contributed by atoms with van der Waals surface area (Å²) in [6.07, 6.45) is 9.63. The highest BCUT2D eigenvalue weighted by atomic mass is 16.5. The van der Waals surface area contributed by atoms with Gasteiger partial charge in [-0.05, 0) is 78.8 Å². The molecule has 0 aromatic rings. The van der Waals surface area contributed by atoms with Crippen molar-refractivity contribution in [3.05, 3.63) is 47.9 Å². The standard InChI is InChI=1S/C29H47N3O5/c1-10-12-17-31-25(34)24(26(35)32(18-13-11-2)29(31,8)9)21-23(33)15-14-16-30(28(5,6)7)19-20-37-27(36)22(3)4/h14-16,21,33H,3,10-13,17-20H2,1-2,4-9H3/b16-14+,23-15-. The summed E-state index contributed by atoms with van der Waals surface area (Å²) in [5.41, 5.74) is -0.701. The smallest absolute Gasteiger partial charge is 0.333 e. The van der Waals surface area contributed by atoms with E-state index in [9.17, 15) is 19.5 Å². The summed E-state index contributed by atoms with van der Waals surface area (Å²) in [4.78, 5) is 43.8. The number of carbonyl (C=O) groups is 3. The molecular weight excluding hydrogens is 470 g/mol. The maximum atomic E-state index is 13.3. The van der Waals surface area contributed by atoms with Crippen molar-refractivity contribution >= 4 is 17.8 Å². The lowest BCUT2D eigenvalue weighted by atomic mass is 9.98. The first-order valence-electron chi connectivity index (χ1n) is 13.2. The quantitative estimate of drug-likeness (QED) is 0.120. The van der Waals surface area contributed by atoms with Crippen LogP contribution < -0.4 is 0 Å². The van der Waals surface area contributed by atoms with Gasteiger partial charge in [0.2, 0.25) is 0 Å². The van der Waals surface area contributed by atoms with Crippen LogP contribution in [0.5, 0.6) is 0 Å². The molecule has 2 amide bonds. The number of carbonyl (C=O) groups excluding carboxylic acids is 3. The van der Waals surface area contributed by atoms with Gasteiger partial charge in [-0.3, -0.25) is 9.59 Å². The second-order valence-corrected chi connectivity index (χ2v) is 10.9. The van der Waals surface area contributed by atoms with Crippen LogP contribution in [-0.2, 0) is 19.1 Å². The van der Waals surface area contributed by atoms with Gasteiger partial charge in [0.15, 0.2) is 0 Å². The van der Waals surface area contributed by atoms with Gasteiger partial charge >= 0.3 is 5.97 Å². The second kappa shape index (κ2) is 14.1. The number of nitrogens with zero attached hydrogens (tertiary/aromatic N) is 3. The molecule has 0 aromatic carbocycles. The minimum absolute atomic E-state index is 0.0342. The zero-order valence-electron chi connectivity index (χ0n) is 24.1. The van der Waals surface area contributed by atoms with Crippen molar-refractivity contribution in [3.8, 4) is 0 Å². The predicted molar refractivity (Wildman–Crippen MR) is 147 cm³/mol. The minimum atomic E-state index is -0.740. The topological polar surface area (TPSA) is 90.4 Å². The molecular formula is C29H47N3O5. The average molecular weight is 518 g/mol. The van der Waals surface area contributed by atoms with Crippen molar-refractivity contribution in [2.24, 2.45) is 0 Å². The summed E-state index contributed by atoms with van der Waals surface area (Å²) in [6, 6.07) is 0. The molecule has 0 unspecified atom stereocenters. The van der Waals surface area contributed by atoms with E-state index in [-0.39, 0.29) is 35.3 Å². The molecule has 1 fully saturated rings. The van der Waals surface area contributed by atoms with Crippen molar-refractivity contribution in [1.29, 1.82) is 0 Å². The van der Waals surface area contributed by atoms with Gasteiger partial charge in [0.25, 0.3) is 11.8 Å². The molecule has 208 valence electrons. The van der Waals surface area contributed by atoms with Crippen LogP contribution in [0.3, 0.4) is 0 Å². The zero-order valence-corrected chi connectivity index (χ0v) is 24.1.